The highest BCUT2D eigenvalue weighted by atomic mass is 32.1. The molecule has 1 aliphatic rings. The second-order valence-electron chi connectivity index (χ2n) is 3.32. The molecule has 0 radical (unpaired) electrons. The van der Waals surface area contributed by atoms with E-state index in [-0.39, 0.29) is 5.91 Å². The van der Waals surface area contributed by atoms with Crippen molar-refractivity contribution in [2.24, 2.45) is 0 Å². The number of fused-ring (bicyclic) bond motifs is 1. The zero-order valence-corrected chi connectivity index (χ0v) is 7.99. The number of hydrogen-bond donors (Lipinski definition) is 1. The Hall–Kier alpha value is -0.830. The minimum absolute atomic E-state index is 0.0909. The maximum atomic E-state index is 11.2. The Morgan fingerprint density at radius 1 is 1.58 bits per heavy atom. The molecule has 2 heterocycles. The van der Waals surface area contributed by atoms with Crippen LogP contribution in [0.3, 0.4) is 0 Å². The van der Waals surface area contributed by atoms with Crippen LogP contribution in [0.4, 0.5) is 0 Å². The van der Waals surface area contributed by atoms with Gasteiger partial charge >= 0.3 is 0 Å². The van der Waals surface area contributed by atoms with Crippen molar-refractivity contribution >= 4 is 17.2 Å². The molecular weight excluding hydrogens is 170 g/mol. The lowest BCUT2D eigenvalue weighted by Gasteiger charge is -1.98. The SMILES string of the molecule is CC(C)c1cc2c(s1)CNC2=O. The molecule has 1 aliphatic heterocycles. The average molecular weight is 181 g/mol. The number of carbonyl (C=O) groups excluding carboxylic acids is 1. The zero-order chi connectivity index (χ0) is 8.72. The first kappa shape index (κ1) is 7.80. The second-order valence-corrected chi connectivity index (χ2v) is 4.49. The minimum Gasteiger partial charge on any atom is -0.347 e. The Bertz CT molecular complexity index is 327. The first-order valence-electron chi connectivity index (χ1n) is 4.09. The molecule has 0 fully saturated rings. The lowest BCUT2D eigenvalue weighted by molar-refractivity contribution is 0.0965. The van der Waals surface area contributed by atoms with Gasteiger partial charge in [0.05, 0.1) is 12.1 Å². The fraction of sp³-hybridized carbons (Fsp3) is 0.444. The predicted molar refractivity (Wildman–Crippen MR) is 49.6 cm³/mol. The van der Waals surface area contributed by atoms with Crippen LogP contribution in [0.2, 0.25) is 0 Å². The highest BCUT2D eigenvalue weighted by Gasteiger charge is 2.22. The van der Waals surface area contributed by atoms with Crippen LogP contribution in [0.15, 0.2) is 6.07 Å². The first-order chi connectivity index (χ1) is 5.68. The van der Waals surface area contributed by atoms with Crippen LogP contribution in [0, 0.1) is 0 Å². The van der Waals surface area contributed by atoms with Crippen LogP contribution < -0.4 is 5.32 Å². The lowest BCUT2D eigenvalue weighted by Crippen LogP contribution is -2.12. The highest BCUT2D eigenvalue weighted by Crippen LogP contribution is 2.30. The van der Waals surface area contributed by atoms with E-state index in [1.807, 2.05) is 6.07 Å². The molecule has 64 valence electrons. The summed E-state index contributed by atoms with van der Waals surface area (Å²) >= 11 is 1.75. The van der Waals surface area contributed by atoms with Gasteiger partial charge in [0.15, 0.2) is 0 Å². The third-order valence-corrected chi connectivity index (χ3v) is 3.49. The summed E-state index contributed by atoms with van der Waals surface area (Å²) in [6, 6.07) is 2.02. The number of rotatable bonds is 1. The molecule has 1 amide bonds. The van der Waals surface area contributed by atoms with Gasteiger partial charge in [-0.1, -0.05) is 13.8 Å². The predicted octanol–water partition coefficient (Wildman–Crippen LogP) is 2.11. The molecule has 2 rings (SSSR count). The van der Waals surface area contributed by atoms with Crippen LogP contribution in [-0.2, 0) is 6.54 Å². The van der Waals surface area contributed by atoms with Crippen molar-refractivity contribution in [3.63, 3.8) is 0 Å². The molecule has 0 unspecified atom stereocenters. The molecule has 1 aromatic rings. The summed E-state index contributed by atoms with van der Waals surface area (Å²) in [5, 5.41) is 2.80. The molecule has 0 spiro atoms. The van der Waals surface area contributed by atoms with Crippen LogP contribution in [0.1, 0.15) is 39.9 Å². The monoisotopic (exact) mass is 181 g/mol. The van der Waals surface area contributed by atoms with E-state index in [2.05, 4.69) is 19.2 Å². The van der Waals surface area contributed by atoms with E-state index < -0.39 is 0 Å². The van der Waals surface area contributed by atoms with Crippen molar-refractivity contribution in [1.29, 1.82) is 0 Å². The molecule has 12 heavy (non-hydrogen) atoms. The normalized spacial score (nSPS) is 15.1. The second kappa shape index (κ2) is 2.59. The van der Waals surface area contributed by atoms with Crippen LogP contribution in [0.25, 0.3) is 0 Å². The fourth-order valence-electron chi connectivity index (χ4n) is 1.31. The molecule has 0 aromatic carbocycles. The molecule has 1 N–H and O–H groups in total. The van der Waals surface area contributed by atoms with Crippen molar-refractivity contribution in [3.05, 3.63) is 21.4 Å². The quantitative estimate of drug-likeness (QED) is 0.706. The number of nitrogens with one attached hydrogen (secondary N) is 1. The van der Waals surface area contributed by atoms with E-state index in [1.165, 1.54) is 9.75 Å². The highest BCUT2D eigenvalue weighted by molar-refractivity contribution is 7.12. The van der Waals surface area contributed by atoms with Gasteiger partial charge in [-0.3, -0.25) is 4.79 Å². The Morgan fingerprint density at radius 3 is 2.92 bits per heavy atom. The topological polar surface area (TPSA) is 29.1 Å². The fourth-order valence-corrected chi connectivity index (χ4v) is 2.42. The molecule has 0 atom stereocenters. The van der Waals surface area contributed by atoms with Gasteiger partial charge in [0.2, 0.25) is 0 Å². The summed E-state index contributed by atoms with van der Waals surface area (Å²) in [7, 11) is 0. The summed E-state index contributed by atoms with van der Waals surface area (Å²) < 4.78 is 0. The minimum atomic E-state index is 0.0909. The Labute approximate surface area is 75.6 Å². The largest absolute Gasteiger partial charge is 0.347 e. The van der Waals surface area contributed by atoms with Crippen LogP contribution in [-0.4, -0.2) is 5.91 Å². The molecule has 0 bridgehead atoms. The third-order valence-electron chi connectivity index (χ3n) is 2.05. The number of thiophene rings is 1. The maximum Gasteiger partial charge on any atom is 0.252 e. The standard InChI is InChI=1S/C9H11NOS/c1-5(2)7-3-6-8(12-7)4-10-9(6)11/h3,5H,4H2,1-2H3,(H,10,11). The number of amides is 1. The van der Waals surface area contributed by atoms with Gasteiger partial charge in [0.1, 0.15) is 0 Å². The molecule has 0 aliphatic carbocycles. The van der Waals surface area contributed by atoms with Crippen molar-refractivity contribution in [1.82, 2.24) is 5.32 Å². The molecule has 0 saturated heterocycles. The van der Waals surface area contributed by atoms with Crippen molar-refractivity contribution < 1.29 is 4.79 Å². The van der Waals surface area contributed by atoms with Gasteiger partial charge in [-0.15, -0.1) is 11.3 Å². The van der Waals surface area contributed by atoms with E-state index in [9.17, 15) is 4.79 Å². The number of carbonyl (C=O) groups is 1. The maximum absolute atomic E-state index is 11.2. The molecule has 2 nitrogen and oxygen atoms in total. The lowest BCUT2D eigenvalue weighted by atomic mass is 10.1. The first-order valence-corrected chi connectivity index (χ1v) is 4.91. The van der Waals surface area contributed by atoms with E-state index in [0.29, 0.717) is 5.92 Å². The summed E-state index contributed by atoms with van der Waals surface area (Å²) in [5.41, 5.74) is 0.892. The van der Waals surface area contributed by atoms with E-state index in [0.717, 1.165) is 12.1 Å². The van der Waals surface area contributed by atoms with Crippen LogP contribution in [0.5, 0.6) is 0 Å². The van der Waals surface area contributed by atoms with Gasteiger partial charge in [-0.25, -0.2) is 0 Å². The summed E-state index contributed by atoms with van der Waals surface area (Å²) in [6.07, 6.45) is 0. The molecule has 1 aromatic heterocycles. The van der Waals surface area contributed by atoms with Gasteiger partial charge in [-0.2, -0.15) is 0 Å². The van der Waals surface area contributed by atoms with Gasteiger partial charge < -0.3 is 5.32 Å². The third kappa shape index (κ3) is 1.05. The van der Waals surface area contributed by atoms with Crippen molar-refractivity contribution in [3.8, 4) is 0 Å². The Morgan fingerprint density at radius 2 is 2.33 bits per heavy atom. The summed E-state index contributed by atoms with van der Waals surface area (Å²) in [6.45, 7) is 5.03. The summed E-state index contributed by atoms with van der Waals surface area (Å²) in [4.78, 5) is 13.7. The molecular formula is C9H11NOS. The van der Waals surface area contributed by atoms with E-state index in [4.69, 9.17) is 0 Å². The Kier molecular flexibility index (Phi) is 1.68. The van der Waals surface area contributed by atoms with Gasteiger partial charge in [-0.05, 0) is 12.0 Å². The van der Waals surface area contributed by atoms with E-state index >= 15 is 0 Å². The molecule has 3 heteroatoms. The number of hydrogen-bond acceptors (Lipinski definition) is 2. The Balaban J connectivity index is 2.43. The smallest absolute Gasteiger partial charge is 0.252 e. The summed E-state index contributed by atoms with van der Waals surface area (Å²) in [5.74, 6) is 0.626. The van der Waals surface area contributed by atoms with Crippen molar-refractivity contribution in [2.75, 3.05) is 0 Å². The van der Waals surface area contributed by atoms with E-state index in [1.54, 1.807) is 11.3 Å². The average Bonchev–Trinajstić information content (AvgIpc) is 2.53. The van der Waals surface area contributed by atoms with Crippen molar-refractivity contribution in [2.45, 2.75) is 26.3 Å². The zero-order valence-electron chi connectivity index (χ0n) is 7.18. The molecule has 0 saturated carbocycles. The van der Waals surface area contributed by atoms with Gasteiger partial charge in [0, 0.05) is 9.75 Å². The van der Waals surface area contributed by atoms with Gasteiger partial charge in [0.25, 0.3) is 5.91 Å². The van der Waals surface area contributed by atoms with Crippen LogP contribution >= 0.6 is 11.3 Å².